The Labute approximate surface area is 182 Å². The molecule has 0 amide bonds. The summed E-state index contributed by atoms with van der Waals surface area (Å²) in [5.74, 6) is 1.10. The normalized spacial score (nSPS) is 15.2. The lowest BCUT2D eigenvalue weighted by Gasteiger charge is -2.28. The van der Waals surface area contributed by atoms with Gasteiger partial charge in [0.15, 0.2) is 0 Å². The van der Waals surface area contributed by atoms with E-state index in [1.54, 1.807) is 6.92 Å². The number of benzene rings is 1. The third-order valence-electron chi connectivity index (χ3n) is 5.71. The van der Waals surface area contributed by atoms with Crippen LogP contribution in [0.15, 0.2) is 24.3 Å². The van der Waals surface area contributed by atoms with E-state index in [0.717, 1.165) is 49.7 Å². The lowest BCUT2D eigenvalue weighted by Crippen LogP contribution is -2.33. The molecule has 2 aromatic rings. The summed E-state index contributed by atoms with van der Waals surface area (Å²) in [7, 11) is 0. The van der Waals surface area contributed by atoms with Gasteiger partial charge >= 0.3 is 6.18 Å². The van der Waals surface area contributed by atoms with E-state index in [-0.39, 0.29) is 0 Å². The zero-order chi connectivity index (χ0) is 22.4. The van der Waals surface area contributed by atoms with Gasteiger partial charge in [0.05, 0.1) is 5.56 Å². The predicted molar refractivity (Wildman–Crippen MR) is 119 cm³/mol. The second-order valence-corrected chi connectivity index (χ2v) is 8.18. The Hall–Kier alpha value is -2.35. The number of likely N-dealkylation sites (tertiary alicyclic amines) is 1. The van der Waals surface area contributed by atoms with Gasteiger partial charge in [-0.2, -0.15) is 18.2 Å². The molecule has 3 rings (SSSR count). The van der Waals surface area contributed by atoms with Crippen molar-refractivity contribution in [1.29, 1.82) is 0 Å². The first kappa shape index (κ1) is 23.3. The van der Waals surface area contributed by atoms with Crippen LogP contribution in [0, 0.1) is 13.8 Å². The van der Waals surface area contributed by atoms with Crippen LogP contribution in [0.2, 0.25) is 0 Å². The number of hydrogen-bond donors (Lipinski definition) is 1. The fourth-order valence-corrected chi connectivity index (χ4v) is 3.93. The molecule has 1 N–H and O–H groups in total. The Kier molecular flexibility index (Phi) is 7.75. The summed E-state index contributed by atoms with van der Waals surface area (Å²) in [5.41, 5.74) is 1.14. The summed E-state index contributed by atoms with van der Waals surface area (Å²) in [6.45, 7) is 10.9. The van der Waals surface area contributed by atoms with Crippen molar-refractivity contribution in [3.8, 4) is 0 Å². The molecule has 1 aromatic heterocycles. The van der Waals surface area contributed by atoms with E-state index < -0.39 is 11.7 Å². The Morgan fingerprint density at radius 1 is 1.06 bits per heavy atom. The van der Waals surface area contributed by atoms with E-state index in [9.17, 15) is 13.2 Å². The molecule has 0 aliphatic carbocycles. The van der Waals surface area contributed by atoms with E-state index in [1.807, 2.05) is 13.0 Å². The molecule has 0 atom stereocenters. The number of aromatic nitrogens is 2. The minimum absolute atomic E-state index is 0.312. The Morgan fingerprint density at radius 2 is 1.81 bits per heavy atom. The third-order valence-corrected chi connectivity index (χ3v) is 5.71. The molecule has 1 saturated heterocycles. The van der Waals surface area contributed by atoms with Crippen molar-refractivity contribution in [2.24, 2.45) is 0 Å². The fourth-order valence-electron chi connectivity index (χ4n) is 3.93. The highest BCUT2D eigenvalue weighted by Crippen LogP contribution is 2.33. The average molecular weight is 436 g/mol. The summed E-state index contributed by atoms with van der Waals surface area (Å²) in [4.78, 5) is 13.7. The molecule has 1 fully saturated rings. The van der Waals surface area contributed by atoms with Crippen LogP contribution in [0.25, 0.3) is 0 Å². The van der Waals surface area contributed by atoms with Gasteiger partial charge in [0.25, 0.3) is 0 Å². The largest absolute Gasteiger partial charge is 0.416 e. The first-order chi connectivity index (χ1) is 14.8. The van der Waals surface area contributed by atoms with E-state index in [4.69, 9.17) is 0 Å². The van der Waals surface area contributed by atoms with Crippen molar-refractivity contribution < 1.29 is 13.2 Å². The van der Waals surface area contributed by atoms with Crippen LogP contribution in [0.5, 0.6) is 0 Å². The van der Waals surface area contributed by atoms with Crippen molar-refractivity contribution >= 4 is 17.5 Å². The molecule has 1 aromatic carbocycles. The minimum atomic E-state index is -4.39. The van der Waals surface area contributed by atoms with Gasteiger partial charge in [-0.1, -0.05) is 12.5 Å². The highest BCUT2D eigenvalue weighted by molar-refractivity contribution is 5.61. The molecule has 1 aliphatic rings. The summed E-state index contributed by atoms with van der Waals surface area (Å²) in [5, 5.41) is 3.00. The SMILES string of the molecule is CCN(CCCN1CCCCC1)c1cc(C)nc(Nc2cc(C(F)(F)F)ccc2C)n1. The first-order valence-electron chi connectivity index (χ1n) is 11.0. The quantitative estimate of drug-likeness (QED) is 0.588. The summed E-state index contributed by atoms with van der Waals surface area (Å²) in [6.07, 6.45) is 0.556. The zero-order valence-electron chi connectivity index (χ0n) is 18.6. The van der Waals surface area contributed by atoms with Crippen molar-refractivity contribution in [3.05, 3.63) is 41.1 Å². The van der Waals surface area contributed by atoms with Crippen LogP contribution >= 0.6 is 0 Å². The highest BCUT2D eigenvalue weighted by atomic mass is 19.4. The topological polar surface area (TPSA) is 44.3 Å². The van der Waals surface area contributed by atoms with Gasteiger partial charge in [-0.25, -0.2) is 4.98 Å². The Bertz CT molecular complexity index is 863. The summed E-state index contributed by atoms with van der Waals surface area (Å²) >= 11 is 0. The van der Waals surface area contributed by atoms with Crippen molar-refractivity contribution in [1.82, 2.24) is 14.9 Å². The Morgan fingerprint density at radius 3 is 2.48 bits per heavy atom. The van der Waals surface area contributed by atoms with Crippen LogP contribution in [-0.4, -0.2) is 47.6 Å². The molecule has 0 bridgehead atoms. The Balaban J connectivity index is 1.71. The number of aryl methyl sites for hydroxylation is 2. The van der Waals surface area contributed by atoms with Crippen LogP contribution in [-0.2, 0) is 6.18 Å². The van der Waals surface area contributed by atoms with E-state index >= 15 is 0 Å². The molecule has 2 heterocycles. The number of halogens is 3. The zero-order valence-corrected chi connectivity index (χ0v) is 18.6. The summed E-state index contributed by atoms with van der Waals surface area (Å²) in [6, 6.07) is 5.58. The van der Waals surface area contributed by atoms with Gasteiger partial charge in [0.1, 0.15) is 5.82 Å². The monoisotopic (exact) mass is 435 g/mol. The lowest BCUT2D eigenvalue weighted by atomic mass is 10.1. The van der Waals surface area contributed by atoms with Crippen LogP contribution in [0.3, 0.4) is 0 Å². The van der Waals surface area contributed by atoms with Crippen molar-refractivity contribution in [2.75, 3.05) is 42.9 Å². The maximum atomic E-state index is 13.1. The molecule has 0 saturated carbocycles. The number of alkyl halides is 3. The molecule has 0 spiro atoms. The number of piperidine rings is 1. The molecular formula is C23H32F3N5. The fraction of sp³-hybridized carbons (Fsp3) is 0.565. The second-order valence-electron chi connectivity index (χ2n) is 8.18. The van der Waals surface area contributed by atoms with Gasteiger partial charge in [-0.3, -0.25) is 0 Å². The maximum absolute atomic E-state index is 13.1. The maximum Gasteiger partial charge on any atom is 0.416 e. The van der Waals surface area contributed by atoms with E-state index in [0.29, 0.717) is 17.2 Å². The number of anilines is 3. The van der Waals surface area contributed by atoms with E-state index in [2.05, 4.69) is 32.0 Å². The number of nitrogens with one attached hydrogen (secondary N) is 1. The van der Waals surface area contributed by atoms with Crippen molar-refractivity contribution in [2.45, 2.75) is 52.6 Å². The smallest absolute Gasteiger partial charge is 0.357 e. The standard InChI is InChI=1S/C23H32F3N5/c1-4-31(14-8-13-30-11-6-5-7-12-30)21-15-18(3)27-22(29-21)28-20-16-19(23(24,25)26)10-9-17(20)2/h9-10,15-16H,4-8,11-14H2,1-3H3,(H,27,28,29). The van der Waals surface area contributed by atoms with Crippen LogP contribution in [0.4, 0.5) is 30.6 Å². The minimum Gasteiger partial charge on any atom is -0.357 e. The van der Waals surface area contributed by atoms with Crippen LogP contribution in [0.1, 0.15) is 49.4 Å². The highest BCUT2D eigenvalue weighted by Gasteiger charge is 2.30. The molecule has 170 valence electrons. The second kappa shape index (κ2) is 10.3. The summed E-state index contributed by atoms with van der Waals surface area (Å²) < 4.78 is 39.3. The first-order valence-corrected chi connectivity index (χ1v) is 11.0. The third kappa shape index (κ3) is 6.56. The number of rotatable bonds is 8. The van der Waals surface area contributed by atoms with Gasteiger partial charge in [0, 0.05) is 30.5 Å². The van der Waals surface area contributed by atoms with Crippen LogP contribution < -0.4 is 10.2 Å². The number of nitrogens with zero attached hydrogens (tertiary/aromatic N) is 4. The molecule has 31 heavy (non-hydrogen) atoms. The van der Waals surface area contributed by atoms with Gasteiger partial charge < -0.3 is 15.1 Å². The average Bonchev–Trinajstić information content (AvgIpc) is 2.72. The molecule has 8 heteroatoms. The van der Waals surface area contributed by atoms with Gasteiger partial charge in [0.2, 0.25) is 5.95 Å². The molecular weight excluding hydrogens is 403 g/mol. The van der Waals surface area contributed by atoms with Gasteiger partial charge in [-0.05, 0) is 77.4 Å². The predicted octanol–water partition coefficient (Wildman–Crippen LogP) is 5.56. The van der Waals surface area contributed by atoms with Gasteiger partial charge in [-0.15, -0.1) is 0 Å². The van der Waals surface area contributed by atoms with E-state index in [1.165, 1.54) is 38.4 Å². The molecule has 5 nitrogen and oxygen atoms in total. The molecule has 0 unspecified atom stereocenters. The lowest BCUT2D eigenvalue weighted by molar-refractivity contribution is -0.137. The molecule has 1 aliphatic heterocycles. The number of hydrogen-bond acceptors (Lipinski definition) is 5. The van der Waals surface area contributed by atoms with Crippen molar-refractivity contribution in [3.63, 3.8) is 0 Å². The molecule has 0 radical (unpaired) electrons.